The molecule has 3 aromatic rings. The molecule has 0 radical (unpaired) electrons. The van der Waals surface area contributed by atoms with Gasteiger partial charge in [0.05, 0.1) is 16.4 Å². The maximum absolute atomic E-state index is 12.4. The Kier molecular flexibility index (Phi) is 6.65. The first kappa shape index (κ1) is 22.7. The number of carbonyl (C=O) groups is 1. The maximum Gasteiger partial charge on any atom is 0.263 e. The average Bonchev–Trinajstić information content (AvgIpc) is 3.24. The van der Waals surface area contributed by atoms with Crippen LogP contribution in [0.15, 0.2) is 58.9 Å². The number of nitrogens with zero attached hydrogens (tertiary/aromatic N) is 2. The highest BCUT2D eigenvalue weighted by molar-refractivity contribution is 7.93. The van der Waals surface area contributed by atoms with Crippen LogP contribution in [0.25, 0.3) is 0 Å². The third kappa shape index (κ3) is 5.41. The number of nitriles is 1. The molecule has 31 heavy (non-hydrogen) atoms. The normalized spacial score (nSPS) is 11.5. The Morgan fingerprint density at radius 2 is 1.94 bits per heavy atom. The number of aromatic nitrogens is 1. The van der Waals surface area contributed by atoms with Gasteiger partial charge in [-0.25, -0.2) is 13.4 Å². The number of benzene rings is 2. The van der Waals surface area contributed by atoms with Crippen LogP contribution >= 0.6 is 22.9 Å². The maximum atomic E-state index is 12.4. The highest BCUT2D eigenvalue weighted by atomic mass is 35.5. The monoisotopic (exact) mass is 474 g/mol. The molecule has 0 bridgehead atoms. The molecule has 2 N–H and O–H groups in total. The van der Waals surface area contributed by atoms with Gasteiger partial charge in [0.25, 0.3) is 15.9 Å². The minimum absolute atomic E-state index is 0.0294. The predicted molar refractivity (Wildman–Crippen MR) is 121 cm³/mol. The van der Waals surface area contributed by atoms with Gasteiger partial charge >= 0.3 is 0 Å². The molecule has 2 aromatic carbocycles. The summed E-state index contributed by atoms with van der Waals surface area (Å²) in [4.78, 5) is 16.4. The number of rotatable bonds is 7. The fraction of sp³-hybridized carbons (Fsp3) is 0.190. The second-order valence-electron chi connectivity index (χ2n) is 7.20. The number of nitrogens with one attached hydrogen (secondary N) is 2. The smallest absolute Gasteiger partial charge is 0.263 e. The van der Waals surface area contributed by atoms with Crippen LogP contribution in [0.3, 0.4) is 0 Å². The van der Waals surface area contributed by atoms with E-state index in [-0.39, 0.29) is 22.5 Å². The van der Waals surface area contributed by atoms with E-state index in [4.69, 9.17) is 11.6 Å². The largest absolute Gasteiger partial charge is 0.348 e. The molecule has 0 aliphatic rings. The van der Waals surface area contributed by atoms with Crippen LogP contribution in [0, 0.1) is 11.3 Å². The Bertz CT molecular complexity index is 1230. The quantitative estimate of drug-likeness (QED) is 0.529. The zero-order valence-electron chi connectivity index (χ0n) is 16.7. The first-order valence-electron chi connectivity index (χ1n) is 9.13. The summed E-state index contributed by atoms with van der Waals surface area (Å²) in [6.45, 7) is 3.80. The summed E-state index contributed by atoms with van der Waals surface area (Å²) in [6, 6.07) is 13.1. The molecule has 0 saturated carbocycles. The fourth-order valence-electron chi connectivity index (χ4n) is 2.75. The van der Waals surface area contributed by atoms with Crippen LogP contribution in [0.5, 0.6) is 0 Å². The number of sulfonamides is 1. The zero-order chi connectivity index (χ0) is 22.6. The zero-order valence-corrected chi connectivity index (χ0v) is 19.1. The summed E-state index contributed by atoms with van der Waals surface area (Å²) in [5.41, 5.74) is 1.11. The van der Waals surface area contributed by atoms with Crippen molar-refractivity contribution >= 4 is 44.0 Å². The number of anilines is 1. The van der Waals surface area contributed by atoms with Crippen LogP contribution in [0.1, 0.15) is 35.3 Å². The van der Waals surface area contributed by atoms with E-state index in [0.29, 0.717) is 10.6 Å². The van der Waals surface area contributed by atoms with Crippen molar-refractivity contribution in [2.45, 2.75) is 30.7 Å². The third-order valence-corrected chi connectivity index (χ3v) is 7.01. The first-order chi connectivity index (χ1) is 14.6. The molecule has 0 aliphatic carbocycles. The van der Waals surface area contributed by atoms with E-state index in [1.165, 1.54) is 41.8 Å². The van der Waals surface area contributed by atoms with Gasteiger partial charge in [0, 0.05) is 28.7 Å². The van der Waals surface area contributed by atoms with Crippen molar-refractivity contribution < 1.29 is 13.2 Å². The Balaban J connectivity index is 1.65. The van der Waals surface area contributed by atoms with Gasteiger partial charge in [-0.05, 0) is 55.3 Å². The number of halogens is 1. The molecule has 1 aromatic heterocycles. The molecular weight excluding hydrogens is 456 g/mol. The van der Waals surface area contributed by atoms with E-state index >= 15 is 0 Å². The number of amides is 1. The van der Waals surface area contributed by atoms with Gasteiger partial charge in [-0.3, -0.25) is 9.52 Å². The minimum Gasteiger partial charge on any atom is -0.348 e. The van der Waals surface area contributed by atoms with Crippen LogP contribution in [0.2, 0.25) is 5.02 Å². The molecule has 0 fully saturated rings. The molecule has 160 valence electrons. The van der Waals surface area contributed by atoms with Gasteiger partial charge in [0.1, 0.15) is 0 Å². The molecular formula is C21H19ClN4O3S2. The van der Waals surface area contributed by atoms with Crippen LogP contribution in [-0.2, 0) is 22.0 Å². The summed E-state index contributed by atoms with van der Waals surface area (Å²) >= 11 is 7.48. The summed E-state index contributed by atoms with van der Waals surface area (Å²) in [7, 11) is -3.78. The Morgan fingerprint density at radius 1 is 1.23 bits per heavy atom. The predicted octanol–water partition coefficient (Wildman–Crippen LogP) is 4.33. The van der Waals surface area contributed by atoms with Gasteiger partial charge in [-0.1, -0.05) is 23.7 Å². The number of hydrogen-bond donors (Lipinski definition) is 2. The van der Waals surface area contributed by atoms with Crippen LogP contribution in [0.4, 0.5) is 5.13 Å². The van der Waals surface area contributed by atoms with Crippen molar-refractivity contribution in [2.24, 2.45) is 0 Å². The van der Waals surface area contributed by atoms with Crippen molar-refractivity contribution in [1.82, 2.24) is 10.3 Å². The van der Waals surface area contributed by atoms with Crippen molar-refractivity contribution in [2.75, 3.05) is 4.72 Å². The Hall–Kier alpha value is -2.93. The molecule has 0 unspecified atom stereocenters. The highest BCUT2D eigenvalue weighted by Crippen LogP contribution is 2.30. The van der Waals surface area contributed by atoms with E-state index < -0.39 is 15.4 Å². The SMILES string of the molecule is CC(C)(C#N)c1ccc(CNC(=O)c2ccc(S(=O)(=O)Nc3nccs3)cc2)cc1Cl. The topological polar surface area (TPSA) is 112 Å². The fourth-order valence-corrected chi connectivity index (χ4v) is 4.98. The molecule has 1 amide bonds. The van der Waals surface area contributed by atoms with E-state index in [9.17, 15) is 18.5 Å². The summed E-state index contributed by atoms with van der Waals surface area (Å²) in [6.07, 6.45) is 1.50. The second kappa shape index (κ2) is 9.06. The summed E-state index contributed by atoms with van der Waals surface area (Å²) in [5.74, 6) is -0.352. The second-order valence-corrected chi connectivity index (χ2v) is 10.2. The van der Waals surface area contributed by atoms with Gasteiger partial charge < -0.3 is 5.32 Å². The van der Waals surface area contributed by atoms with Crippen molar-refractivity contribution in [3.63, 3.8) is 0 Å². The molecule has 1 heterocycles. The summed E-state index contributed by atoms with van der Waals surface area (Å²) < 4.78 is 27.1. The molecule has 10 heteroatoms. The lowest BCUT2D eigenvalue weighted by atomic mass is 9.86. The van der Waals surface area contributed by atoms with Crippen LogP contribution in [-0.4, -0.2) is 19.3 Å². The van der Waals surface area contributed by atoms with Crippen molar-refractivity contribution in [3.05, 3.63) is 75.8 Å². The average molecular weight is 475 g/mol. The molecule has 0 saturated heterocycles. The van der Waals surface area contributed by atoms with Gasteiger partial charge in [-0.2, -0.15) is 5.26 Å². The number of thiazole rings is 1. The van der Waals surface area contributed by atoms with E-state index in [2.05, 4.69) is 21.1 Å². The number of hydrogen-bond acceptors (Lipinski definition) is 6. The van der Waals surface area contributed by atoms with E-state index in [1.54, 1.807) is 37.4 Å². The van der Waals surface area contributed by atoms with E-state index in [1.807, 2.05) is 0 Å². The summed E-state index contributed by atoms with van der Waals surface area (Å²) in [5, 5.41) is 14.4. The lowest BCUT2D eigenvalue weighted by Crippen LogP contribution is -2.23. The van der Waals surface area contributed by atoms with Crippen molar-refractivity contribution in [1.29, 1.82) is 5.26 Å². The first-order valence-corrected chi connectivity index (χ1v) is 11.9. The third-order valence-electron chi connectivity index (χ3n) is 4.52. The van der Waals surface area contributed by atoms with E-state index in [0.717, 1.165) is 11.1 Å². The Morgan fingerprint density at radius 3 is 2.52 bits per heavy atom. The standard InChI is InChI=1S/C21H19ClN4O3S2/c1-21(2,13-23)17-8-3-14(11-18(17)22)12-25-19(27)15-4-6-16(7-5-15)31(28,29)26-20-24-9-10-30-20/h3-11H,12H2,1-2H3,(H,24,26)(H,25,27). The highest BCUT2D eigenvalue weighted by Gasteiger charge is 2.23. The Labute approximate surface area is 189 Å². The molecule has 0 aliphatic heterocycles. The molecule has 7 nitrogen and oxygen atoms in total. The lowest BCUT2D eigenvalue weighted by molar-refractivity contribution is 0.0951. The number of carbonyl (C=O) groups excluding carboxylic acids is 1. The van der Waals surface area contributed by atoms with Crippen LogP contribution < -0.4 is 10.0 Å². The van der Waals surface area contributed by atoms with Crippen molar-refractivity contribution in [3.8, 4) is 6.07 Å². The van der Waals surface area contributed by atoms with Gasteiger partial charge in [-0.15, -0.1) is 11.3 Å². The van der Waals surface area contributed by atoms with Gasteiger partial charge in [0.2, 0.25) is 0 Å². The molecule has 3 rings (SSSR count). The minimum atomic E-state index is -3.78. The lowest BCUT2D eigenvalue weighted by Gasteiger charge is -2.18. The molecule has 0 atom stereocenters. The molecule has 0 spiro atoms. The van der Waals surface area contributed by atoms with Gasteiger partial charge in [0.15, 0.2) is 5.13 Å².